The topological polar surface area (TPSA) is 66.4 Å². The predicted octanol–water partition coefficient (Wildman–Crippen LogP) is 4.95. The van der Waals surface area contributed by atoms with Crippen LogP contribution in [0.15, 0.2) is 34.1 Å². The Balaban J connectivity index is 1.30. The van der Waals surface area contributed by atoms with E-state index in [1.807, 2.05) is 0 Å². The molecule has 4 nitrogen and oxygen atoms in total. The summed E-state index contributed by atoms with van der Waals surface area (Å²) in [4.78, 5) is 13.8. The fourth-order valence-electron chi connectivity index (χ4n) is 6.19. The van der Waals surface area contributed by atoms with Crippen LogP contribution in [0.25, 0.3) is 0 Å². The number of hydrogen-bond donors (Lipinski definition) is 0. The van der Waals surface area contributed by atoms with E-state index in [1.165, 1.54) is 38.5 Å². The molecule has 154 valence electrons. The molecule has 1 aromatic carbocycles. The highest BCUT2D eigenvalue weighted by Gasteiger charge is 2.58. The molecule has 0 aliphatic heterocycles. The summed E-state index contributed by atoms with van der Waals surface area (Å²) in [7, 11) is 0. The molecule has 4 aliphatic carbocycles. The zero-order chi connectivity index (χ0) is 19.9. The van der Waals surface area contributed by atoms with Crippen molar-refractivity contribution in [1.82, 2.24) is 0 Å². The van der Waals surface area contributed by atoms with E-state index in [-0.39, 0.29) is 16.3 Å². The van der Waals surface area contributed by atoms with E-state index in [0.29, 0.717) is 12.2 Å². The molecule has 5 rings (SSSR count). The van der Waals surface area contributed by atoms with Crippen LogP contribution in [0.2, 0.25) is 0 Å². The largest absolute Gasteiger partial charge is 0.768 e. The van der Waals surface area contributed by atoms with Crippen LogP contribution in [0.3, 0.4) is 0 Å². The van der Waals surface area contributed by atoms with Gasteiger partial charge in [0.2, 0.25) is 0 Å². The quantitative estimate of drug-likeness (QED) is 0.354. The third-order valence-corrected chi connectivity index (χ3v) is 8.95. The van der Waals surface area contributed by atoms with Crippen molar-refractivity contribution in [2.45, 2.75) is 74.2 Å². The van der Waals surface area contributed by atoms with Crippen molar-refractivity contribution >= 4 is 28.8 Å². The number of carbonyl (C=O) groups is 1. The molecule has 28 heavy (non-hydrogen) atoms. The first-order valence-corrected chi connectivity index (χ1v) is 12.4. The Bertz CT molecular complexity index is 721. The number of rotatable bonds is 7. The second-order valence-corrected chi connectivity index (χ2v) is 11.6. The van der Waals surface area contributed by atoms with Crippen LogP contribution >= 0.6 is 11.8 Å². The maximum absolute atomic E-state index is 12.6. The van der Waals surface area contributed by atoms with Gasteiger partial charge in [-0.1, -0.05) is 0 Å². The first-order valence-electron chi connectivity index (χ1n) is 10.3. The lowest BCUT2D eigenvalue weighted by Crippen LogP contribution is -2.57. The van der Waals surface area contributed by atoms with E-state index < -0.39 is 16.7 Å². The van der Waals surface area contributed by atoms with Crippen LogP contribution in [0, 0.1) is 23.2 Å². The van der Waals surface area contributed by atoms with Gasteiger partial charge >= 0.3 is 5.97 Å². The third-order valence-electron chi connectivity index (χ3n) is 7.28. The molecular weight excluding hydrogens is 392 g/mol. The normalized spacial score (nSPS) is 32.3. The Morgan fingerprint density at radius 2 is 1.68 bits per heavy atom. The van der Waals surface area contributed by atoms with E-state index in [2.05, 4.69) is 13.8 Å². The molecule has 4 fully saturated rings. The van der Waals surface area contributed by atoms with E-state index in [0.717, 1.165) is 22.6 Å². The molecule has 1 atom stereocenters. The van der Waals surface area contributed by atoms with Gasteiger partial charge in [-0.25, -0.2) is 0 Å². The Kier molecular flexibility index (Phi) is 5.66. The van der Waals surface area contributed by atoms with E-state index in [1.54, 1.807) is 36.0 Å². The summed E-state index contributed by atoms with van der Waals surface area (Å²) in [5, 5.41) is 0. The molecule has 1 unspecified atom stereocenters. The minimum atomic E-state index is -2.20. The molecule has 1 aromatic rings. The van der Waals surface area contributed by atoms with Gasteiger partial charge in [-0.05, 0) is 105 Å². The second kappa shape index (κ2) is 7.77. The summed E-state index contributed by atoms with van der Waals surface area (Å²) in [5.41, 5.74) is -0.223. The molecular formula is C22H29O4S2-. The van der Waals surface area contributed by atoms with Crippen molar-refractivity contribution in [3.8, 4) is 0 Å². The molecule has 4 saturated carbocycles. The van der Waals surface area contributed by atoms with Crippen molar-refractivity contribution in [1.29, 1.82) is 0 Å². The van der Waals surface area contributed by atoms with Crippen molar-refractivity contribution < 1.29 is 18.3 Å². The molecule has 0 amide bonds. The molecule has 0 aromatic heterocycles. The Labute approximate surface area is 174 Å². The number of thioether (sulfide) groups is 1. The summed E-state index contributed by atoms with van der Waals surface area (Å²) in [6.07, 6.45) is 8.20. The summed E-state index contributed by atoms with van der Waals surface area (Å²) >= 11 is -0.647. The molecule has 4 aliphatic rings. The average Bonchev–Trinajstić information content (AvgIpc) is 2.60. The number of benzene rings is 1. The van der Waals surface area contributed by atoms with E-state index in [4.69, 9.17) is 4.74 Å². The highest BCUT2D eigenvalue weighted by Crippen LogP contribution is 2.64. The Morgan fingerprint density at radius 3 is 2.18 bits per heavy atom. The van der Waals surface area contributed by atoms with Gasteiger partial charge in [0.15, 0.2) is 0 Å². The first kappa shape index (κ1) is 20.4. The average molecular weight is 422 g/mol. The minimum Gasteiger partial charge on any atom is -0.768 e. The lowest BCUT2D eigenvalue weighted by Gasteiger charge is -2.61. The molecule has 0 N–H and O–H groups in total. The molecule has 4 bridgehead atoms. The van der Waals surface area contributed by atoms with Gasteiger partial charge in [-0.3, -0.25) is 9.00 Å². The van der Waals surface area contributed by atoms with E-state index >= 15 is 0 Å². The summed E-state index contributed by atoms with van der Waals surface area (Å²) < 4.78 is 27.9. The zero-order valence-corrected chi connectivity index (χ0v) is 18.3. The maximum Gasteiger partial charge on any atom is 0.307 e. The zero-order valence-electron chi connectivity index (χ0n) is 16.6. The molecule has 6 heteroatoms. The van der Waals surface area contributed by atoms with Crippen molar-refractivity contribution in [2.75, 3.05) is 5.75 Å². The standard InChI is InChI=1S/C22H30O4S2/c1-21(2,22-12-15-9-16(13-22)11-17(10-15)14-22)26-20(23)7-8-27-18-3-5-19(6-4-18)28(24)25/h3-6,15-17H,7-14H2,1-2H3,(H,24,25)/p-1. The monoisotopic (exact) mass is 421 g/mol. The van der Waals surface area contributed by atoms with Crippen LogP contribution in [0.1, 0.15) is 58.8 Å². The van der Waals surface area contributed by atoms with Gasteiger partial charge < -0.3 is 9.29 Å². The lowest BCUT2D eigenvalue weighted by atomic mass is 9.46. The Morgan fingerprint density at radius 1 is 1.14 bits per heavy atom. The van der Waals surface area contributed by atoms with Crippen molar-refractivity contribution in [2.24, 2.45) is 23.2 Å². The molecule has 0 saturated heterocycles. The van der Waals surface area contributed by atoms with Crippen LogP contribution < -0.4 is 0 Å². The summed E-state index contributed by atoms with van der Waals surface area (Å²) in [6.45, 7) is 4.26. The van der Waals surface area contributed by atoms with Gasteiger partial charge in [0.05, 0.1) is 6.42 Å². The molecule has 0 spiro atoms. The number of hydrogen-bond acceptors (Lipinski definition) is 5. The fraction of sp³-hybridized carbons (Fsp3) is 0.682. The minimum absolute atomic E-state index is 0.120. The Hall–Kier alpha value is -0.850. The predicted molar refractivity (Wildman–Crippen MR) is 110 cm³/mol. The second-order valence-electron chi connectivity index (χ2n) is 9.49. The van der Waals surface area contributed by atoms with Crippen molar-refractivity contribution in [3.63, 3.8) is 0 Å². The van der Waals surface area contributed by atoms with Crippen LogP contribution in [0.5, 0.6) is 0 Å². The SMILES string of the molecule is CC(C)(OC(=O)CCSc1ccc(S(=O)[O-])cc1)C12CC3CC(CC(C3)C1)C2. The van der Waals surface area contributed by atoms with Gasteiger partial charge in [-0.2, -0.15) is 0 Å². The van der Waals surface area contributed by atoms with Gasteiger partial charge in [0.25, 0.3) is 0 Å². The van der Waals surface area contributed by atoms with Crippen LogP contribution in [0.4, 0.5) is 0 Å². The van der Waals surface area contributed by atoms with Crippen LogP contribution in [-0.4, -0.2) is 26.1 Å². The highest BCUT2D eigenvalue weighted by atomic mass is 32.2. The van der Waals surface area contributed by atoms with Crippen LogP contribution in [-0.2, 0) is 20.6 Å². The van der Waals surface area contributed by atoms with Gasteiger partial charge in [0.1, 0.15) is 5.60 Å². The third kappa shape index (κ3) is 4.05. The van der Waals surface area contributed by atoms with E-state index in [9.17, 15) is 13.6 Å². The molecule has 0 heterocycles. The van der Waals surface area contributed by atoms with Gasteiger partial charge in [0, 0.05) is 21.0 Å². The summed E-state index contributed by atoms with van der Waals surface area (Å²) in [5.74, 6) is 3.03. The smallest absolute Gasteiger partial charge is 0.307 e. The number of ether oxygens (including phenoxy) is 1. The fourth-order valence-corrected chi connectivity index (χ4v) is 7.38. The number of esters is 1. The molecule has 0 radical (unpaired) electrons. The lowest BCUT2D eigenvalue weighted by molar-refractivity contribution is -0.198. The summed E-state index contributed by atoms with van der Waals surface area (Å²) in [6, 6.07) is 6.72. The van der Waals surface area contributed by atoms with Gasteiger partial charge in [-0.15, -0.1) is 11.8 Å². The highest BCUT2D eigenvalue weighted by molar-refractivity contribution is 7.99. The first-order chi connectivity index (χ1) is 13.3. The number of carbonyl (C=O) groups excluding carboxylic acids is 1. The maximum atomic E-state index is 12.6. The van der Waals surface area contributed by atoms with Crippen molar-refractivity contribution in [3.05, 3.63) is 24.3 Å².